The van der Waals surface area contributed by atoms with Crippen LogP contribution in [-0.4, -0.2) is 128 Å². The fourth-order valence-corrected chi connectivity index (χ4v) is 5.50. The Labute approximate surface area is 211 Å². The lowest BCUT2D eigenvalue weighted by atomic mass is 9.83. The summed E-state index contributed by atoms with van der Waals surface area (Å²) in [6.45, 7) is 6.95. The van der Waals surface area contributed by atoms with Crippen LogP contribution in [0, 0.1) is 5.92 Å². The monoisotopic (exact) mass is 524 g/mol. The Balaban J connectivity index is 1.81. The number of rotatable bonds is 9. The SMILES string of the molecule is CCC1O[C@@H](CO)[C@@H](O)[C@H](O[C@@H]2O[C@@H](CC)C(O)C(O[C@H]3O[C@@H](CC)C(O)C(O)C3O)C2O)C1CC. The summed E-state index contributed by atoms with van der Waals surface area (Å²) in [6, 6.07) is 0. The highest BCUT2D eigenvalue weighted by atomic mass is 16.7. The smallest absolute Gasteiger partial charge is 0.187 e. The van der Waals surface area contributed by atoms with Gasteiger partial charge in [0, 0.05) is 5.92 Å². The van der Waals surface area contributed by atoms with Crippen molar-refractivity contribution >= 4 is 0 Å². The van der Waals surface area contributed by atoms with Gasteiger partial charge in [-0.1, -0.05) is 27.7 Å². The van der Waals surface area contributed by atoms with Gasteiger partial charge >= 0.3 is 0 Å². The van der Waals surface area contributed by atoms with Crippen LogP contribution in [0.1, 0.15) is 53.4 Å². The van der Waals surface area contributed by atoms with Crippen LogP contribution in [0.3, 0.4) is 0 Å². The average molecular weight is 525 g/mol. The summed E-state index contributed by atoms with van der Waals surface area (Å²) in [7, 11) is 0. The van der Waals surface area contributed by atoms with Crippen molar-refractivity contribution in [1.29, 1.82) is 0 Å². The summed E-state index contributed by atoms with van der Waals surface area (Å²) < 4.78 is 29.3. The van der Waals surface area contributed by atoms with E-state index in [-0.39, 0.29) is 12.0 Å². The molecule has 3 saturated heterocycles. The van der Waals surface area contributed by atoms with Crippen molar-refractivity contribution in [2.24, 2.45) is 5.92 Å². The second-order valence-electron chi connectivity index (χ2n) is 9.92. The first-order chi connectivity index (χ1) is 17.1. The van der Waals surface area contributed by atoms with E-state index in [9.17, 15) is 35.7 Å². The number of aliphatic hydroxyl groups is 7. The van der Waals surface area contributed by atoms with Crippen molar-refractivity contribution in [2.75, 3.05) is 6.61 Å². The van der Waals surface area contributed by atoms with Gasteiger partial charge in [-0.05, 0) is 25.7 Å². The molecule has 0 aliphatic carbocycles. The summed E-state index contributed by atoms with van der Waals surface area (Å²) in [6.07, 6.45) is -14.3. The van der Waals surface area contributed by atoms with E-state index in [1.54, 1.807) is 13.8 Å². The Morgan fingerprint density at radius 1 is 0.500 bits per heavy atom. The van der Waals surface area contributed by atoms with Gasteiger partial charge in [0.2, 0.25) is 0 Å². The molecule has 12 heteroatoms. The molecule has 7 N–H and O–H groups in total. The fraction of sp³-hybridized carbons (Fsp3) is 1.00. The van der Waals surface area contributed by atoms with E-state index in [1.165, 1.54) is 0 Å². The highest BCUT2D eigenvalue weighted by molar-refractivity contribution is 4.96. The van der Waals surface area contributed by atoms with E-state index in [1.807, 2.05) is 13.8 Å². The summed E-state index contributed by atoms with van der Waals surface area (Å²) >= 11 is 0. The molecule has 0 bridgehead atoms. The molecule has 3 heterocycles. The van der Waals surface area contributed by atoms with E-state index in [0.717, 1.165) is 0 Å². The Bertz CT molecular complexity index is 667. The second kappa shape index (κ2) is 13.0. The molecule has 15 atom stereocenters. The molecule has 212 valence electrons. The van der Waals surface area contributed by atoms with Crippen LogP contribution in [0.15, 0.2) is 0 Å². The highest BCUT2D eigenvalue weighted by Gasteiger charge is 2.53. The Kier molecular flexibility index (Phi) is 10.9. The maximum atomic E-state index is 11.1. The van der Waals surface area contributed by atoms with Crippen molar-refractivity contribution in [3.63, 3.8) is 0 Å². The lowest BCUT2D eigenvalue weighted by molar-refractivity contribution is -0.369. The molecule has 3 rings (SSSR count). The summed E-state index contributed by atoms with van der Waals surface area (Å²) in [5.74, 6) is -0.250. The molecule has 0 spiro atoms. The van der Waals surface area contributed by atoms with Crippen molar-refractivity contribution < 1.29 is 59.4 Å². The van der Waals surface area contributed by atoms with Gasteiger partial charge in [-0.3, -0.25) is 0 Å². The van der Waals surface area contributed by atoms with E-state index in [0.29, 0.717) is 25.7 Å². The van der Waals surface area contributed by atoms with Gasteiger partial charge in [0.1, 0.15) is 48.8 Å². The van der Waals surface area contributed by atoms with Crippen molar-refractivity contribution in [2.45, 2.75) is 139 Å². The molecule has 0 aromatic carbocycles. The van der Waals surface area contributed by atoms with Crippen LogP contribution in [0.5, 0.6) is 0 Å². The summed E-state index contributed by atoms with van der Waals surface area (Å²) in [5.41, 5.74) is 0. The number of ether oxygens (including phenoxy) is 5. The van der Waals surface area contributed by atoms with Gasteiger partial charge in [-0.25, -0.2) is 0 Å². The van der Waals surface area contributed by atoms with E-state index >= 15 is 0 Å². The van der Waals surface area contributed by atoms with E-state index in [4.69, 9.17) is 23.7 Å². The minimum absolute atomic E-state index is 0.250. The number of hydrogen-bond acceptors (Lipinski definition) is 12. The maximum absolute atomic E-state index is 11.1. The molecule has 3 aliphatic rings. The topological polar surface area (TPSA) is 188 Å². The first-order valence-electron chi connectivity index (χ1n) is 13.1. The van der Waals surface area contributed by atoms with Gasteiger partial charge in [0.05, 0.1) is 31.0 Å². The fourth-order valence-electron chi connectivity index (χ4n) is 5.50. The van der Waals surface area contributed by atoms with Gasteiger partial charge in [-0.15, -0.1) is 0 Å². The molecule has 3 fully saturated rings. The Morgan fingerprint density at radius 3 is 1.53 bits per heavy atom. The van der Waals surface area contributed by atoms with Gasteiger partial charge < -0.3 is 59.4 Å². The molecule has 0 amide bonds. The lowest BCUT2D eigenvalue weighted by Gasteiger charge is -2.49. The highest BCUT2D eigenvalue weighted by Crippen LogP contribution is 2.36. The normalized spacial score (nSPS) is 50.2. The molecule has 3 aliphatic heterocycles. The first kappa shape index (κ1) is 30.1. The van der Waals surface area contributed by atoms with Crippen molar-refractivity contribution in [1.82, 2.24) is 0 Å². The molecular weight excluding hydrogens is 480 g/mol. The van der Waals surface area contributed by atoms with Crippen LogP contribution >= 0.6 is 0 Å². The zero-order chi connectivity index (χ0) is 26.7. The standard InChI is InChI=1S/C24H44O12/c1-5-10-11(6-2)32-14(9-25)17(28)21(10)35-24-20(31)22(16(27)13(8-4)34-24)36-23-19(30)18(29)15(26)12(7-3)33-23/h10-31H,5-9H2,1-4H3/t10?,11?,12-,13-,14-,15?,16?,17+,18?,19?,20?,21+,22?,23+,24-/m0/s1. The zero-order valence-corrected chi connectivity index (χ0v) is 21.4. The molecule has 36 heavy (non-hydrogen) atoms. The molecule has 0 radical (unpaired) electrons. The van der Waals surface area contributed by atoms with E-state index < -0.39 is 86.3 Å². The molecule has 0 aromatic rings. The van der Waals surface area contributed by atoms with Crippen molar-refractivity contribution in [3.8, 4) is 0 Å². The molecule has 8 unspecified atom stereocenters. The number of aliphatic hydroxyl groups excluding tert-OH is 7. The number of hydrogen-bond donors (Lipinski definition) is 7. The third-order valence-electron chi connectivity index (χ3n) is 7.72. The average Bonchev–Trinajstić information content (AvgIpc) is 2.88. The van der Waals surface area contributed by atoms with Gasteiger partial charge in [-0.2, -0.15) is 0 Å². The van der Waals surface area contributed by atoms with Gasteiger partial charge in [0.25, 0.3) is 0 Å². The second-order valence-corrected chi connectivity index (χ2v) is 9.92. The lowest BCUT2D eigenvalue weighted by Crippen LogP contribution is -2.65. The Morgan fingerprint density at radius 2 is 1.00 bits per heavy atom. The minimum atomic E-state index is -1.62. The van der Waals surface area contributed by atoms with Crippen LogP contribution in [-0.2, 0) is 23.7 Å². The predicted octanol–water partition coefficient (Wildman–Crippen LogP) is -1.61. The van der Waals surface area contributed by atoms with Crippen LogP contribution in [0.25, 0.3) is 0 Å². The first-order valence-corrected chi connectivity index (χ1v) is 13.1. The van der Waals surface area contributed by atoms with Crippen LogP contribution in [0.4, 0.5) is 0 Å². The molecule has 0 aromatic heterocycles. The van der Waals surface area contributed by atoms with Crippen LogP contribution < -0.4 is 0 Å². The van der Waals surface area contributed by atoms with Gasteiger partial charge in [0.15, 0.2) is 12.6 Å². The largest absolute Gasteiger partial charge is 0.394 e. The molecular formula is C24H44O12. The maximum Gasteiger partial charge on any atom is 0.187 e. The Hall–Kier alpha value is -0.480. The minimum Gasteiger partial charge on any atom is -0.394 e. The molecule has 0 saturated carbocycles. The zero-order valence-electron chi connectivity index (χ0n) is 21.4. The van der Waals surface area contributed by atoms with E-state index in [2.05, 4.69) is 0 Å². The summed E-state index contributed by atoms with van der Waals surface area (Å²) in [5, 5.41) is 73.4. The quantitative estimate of drug-likeness (QED) is 0.183. The molecule has 12 nitrogen and oxygen atoms in total. The third-order valence-corrected chi connectivity index (χ3v) is 7.72. The van der Waals surface area contributed by atoms with Crippen molar-refractivity contribution in [3.05, 3.63) is 0 Å². The predicted molar refractivity (Wildman–Crippen MR) is 124 cm³/mol. The third kappa shape index (κ3) is 5.90. The summed E-state index contributed by atoms with van der Waals surface area (Å²) in [4.78, 5) is 0. The van der Waals surface area contributed by atoms with Crippen LogP contribution in [0.2, 0.25) is 0 Å².